The Morgan fingerprint density at radius 2 is 0.765 bits per heavy atom. The van der Waals surface area contributed by atoms with E-state index in [2.05, 4.69) is 62.4 Å². The zero-order valence-electron chi connectivity index (χ0n) is 10.6. The lowest BCUT2D eigenvalue weighted by atomic mass is 10.0. The maximum atomic E-state index is 2.17. The predicted octanol–water partition coefficient (Wildman–Crippen LogP) is 5.63. The molecule has 0 atom stereocenters. The Balaban J connectivity index is 0.000000811. The molecule has 0 radical (unpaired) electrons. The van der Waals surface area contributed by atoms with E-state index in [1.165, 1.54) is 22.3 Å². The van der Waals surface area contributed by atoms with Crippen molar-refractivity contribution in [3.8, 4) is 11.1 Å². The quantitative estimate of drug-likeness (QED) is 0.593. The van der Waals surface area contributed by atoms with Crippen LogP contribution < -0.4 is 0 Å². The van der Waals surface area contributed by atoms with E-state index in [0.717, 1.165) is 0 Å². The zero-order chi connectivity index (χ0) is 12.0. The van der Waals surface area contributed by atoms with Crippen LogP contribution in [0.15, 0.2) is 48.5 Å². The number of rotatable bonds is 1. The number of hydrogen-bond acceptors (Lipinski definition) is 0. The van der Waals surface area contributed by atoms with Crippen LogP contribution in [-0.2, 0) is 0 Å². The highest BCUT2D eigenvalue weighted by atomic mass is 14.0. The second-order valence-electron chi connectivity index (χ2n) is 3.73. The minimum absolute atomic E-state index is 0. The highest BCUT2D eigenvalue weighted by molar-refractivity contribution is 5.63. The van der Waals surface area contributed by atoms with Crippen molar-refractivity contribution in [3.63, 3.8) is 0 Å². The number of aryl methyl sites for hydroxylation is 2. The van der Waals surface area contributed by atoms with Crippen molar-refractivity contribution >= 4 is 0 Å². The summed E-state index contributed by atoms with van der Waals surface area (Å²) in [6.07, 6.45) is 0. The van der Waals surface area contributed by atoms with Crippen molar-refractivity contribution < 1.29 is 0 Å². The van der Waals surface area contributed by atoms with E-state index in [4.69, 9.17) is 0 Å². The first kappa shape index (κ1) is 15.4. The van der Waals surface area contributed by atoms with Gasteiger partial charge in [-0.3, -0.25) is 0 Å². The second-order valence-corrected chi connectivity index (χ2v) is 3.73. The van der Waals surface area contributed by atoms with Crippen LogP contribution >= 0.6 is 0 Å². The molecule has 0 nitrogen and oxygen atoms in total. The van der Waals surface area contributed by atoms with Gasteiger partial charge in [0.15, 0.2) is 0 Å². The van der Waals surface area contributed by atoms with Gasteiger partial charge in [0.25, 0.3) is 0 Å². The van der Waals surface area contributed by atoms with Gasteiger partial charge in [0.05, 0.1) is 0 Å². The van der Waals surface area contributed by atoms with Gasteiger partial charge in [0, 0.05) is 0 Å². The average Bonchev–Trinajstić information content (AvgIpc) is 2.34. The van der Waals surface area contributed by atoms with Crippen LogP contribution in [0.25, 0.3) is 11.1 Å². The standard InChI is InChI=1S/C14H14.C2H6.CH4/c1-11-3-7-13(8-4-11)14-9-5-12(2)6-10-14;1-2;/h3-10H,1-2H3;1-2H3;1H4. The lowest BCUT2D eigenvalue weighted by Crippen LogP contribution is -1.78. The molecule has 0 heteroatoms. The Bertz CT molecular complexity index is 363. The molecule has 0 bridgehead atoms. The smallest absolute Gasteiger partial charge is 0.0184 e. The van der Waals surface area contributed by atoms with Gasteiger partial charge in [-0.15, -0.1) is 0 Å². The van der Waals surface area contributed by atoms with E-state index < -0.39 is 0 Å². The molecular formula is C17H24. The molecule has 0 aliphatic carbocycles. The molecule has 2 aromatic carbocycles. The fourth-order valence-corrected chi connectivity index (χ4v) is 1.49. The van der Waals surface area contributed by atoms with Crippen LogP contribution in [0.3, 0.4) is 0 Å². The molecule has 0 N–H and O–H groups in total. The SMILES string of the molecule is C.CC.Cc1ccc(-c2ccc(C)cc2)cc1. The summed E-state index contributed by atoms with van der Waals surface area (Å²) in [6.45, 7) is 8.22. The fraction of sp³-hybridized carbons (Fsp3) is 0.294. The van der Waals surface area contributed by atoms with E-state index in [1.807, 2.05) is 13.8 Å². The van der Waals surface area contributed by atoms with Crippen molar-refractivity contribution in [2.75, 3.05) is 0 Å². The molecule has 0 amide bonds. The molecule has 0 unspecified atom stereocenters. The molecule has 0 aliphatic heterocycles. The van der Waals surface area contributed by atoms with E-state index in [1.54, 1.807) is 0 Å². The Morgan fingerprint density at radius 3 is 1.00 bits per heavy atom. The average molecular weight is 228 g/mol. The van der Waals surface area contributed by atoms with Crippen LogP contribution in [0, 0.1) is 13.8 Å². The third-order valence-corrected chi connectivity index (χ3v) is 2.44. The Morgan fingerprint density at radius 1 is 0.529 bits per heavy atom. The first-order chi connectivity index (χ1) is 7.75. The van der Waals surface area contributed by atoms with Gasteiger partial charge < -0.3 is 0 Å². The number of benzene rings is 2. The zero-order valence-corrected chi connectivity index (χ0v) is 10.6. The van der Waals surface area contributed by atoms with Crippen molar-refractivity contribution in [1.29, 1.82) is 0 Å². The summed E-state index contributed by atoms with van der Waals surface area (Å²) in [5, 5.41) is 0. The Kier molecular flexibility index (Phi) is 6.97. The molecule has 92 valence electrons. The maximum absolute atomic E-state index is 2.17. The van der Waals surface area contributed by atoms with Crippen LogP contribution in [0.4, 0.5) is 0 Å². The summed E-state index contributed by atoms with van der Waals surface area (Å²) < 4.78 is 0. The van der Waals surface area contributed by atoms with Gasteiger partial charge >= 0.3 is 0 Å². The van der Waals surface area contributed by atoms with E-state index in [-0.39, 0.29) is 7.43 Å². The van der Waals surface area contributed by atoms with Gasteiger partial charge in [0.2, 0.25) is 0 Å². The van der Waals surface area contributed by atoms with E-state index in [9.17, 15) is 0 Å². The van der Waals surface area contributed by atoms with Gasteiger partial charge in [0.1, 0.15) is 0 Å². The van der Waals surface area contributed by atoms with Gasteiger partial charge in [-0.1, -0.05) is 80.9 Å². The molecule has 2 aromatic rings. The first-order valence-electron chi connectivity index (χ1n) is 5.89. The third kappa shape index (κ3) is 4.44. The number of hydrogen-bond donors (Lipinski definition) is 0. The van der Waals surface area contributed by atoms with Crippen molar-refractivity contribution in [1.82, 2.24) is 0 Å². The van der Waals surface area contributed by atoms with Crippen LogP contribution in [0.5, 0.6) is 0 Å². The van der Waals surface area contributed by atoms with E-state index in [0.29, 0.717) is 0 Å². The molecule has 17 heavy (non-hydrogen) atoms. The summed E-state index contributed by atoms with van der Waals surface area (Å²) >= 11 is 0. The molecule has 2 rings (SSSR count). The second kappa shape index (κ2) is 7.67. The van der Waals surface area contributed by atoms with Gasteiger partial charge in [-0.2, -0.15) is 0 Å². The topological polar surface area (TPSA) is 0 Å². The van der Waals surface area contributed by atoms with Crippen LogP contribution in [0.1, 0.15) is 32.4 Å². The molecule has 0 spiro atoms. The summed E-state index contributed by atoms with van der Waals surface area (Å²) in [5.41, 5.74) is 5.19. The third-order valence-electron chi connectivity index (χ3n) is 2.44. The monoisotopic (exact) mass is 228 g/mol. The largest absolute Gasteiger partial charge is 0.0776 e. The first-order valence-corrected chi connectivity index (χ1v) is 5.89. The minimum Gasteiger partial charge on any atom is -0.0776 e. The molecule has 0 saturated carbocycles. The molecule has 0 aromatic heterocycles. The lowest BCUT2D eigenvalue weighted by Gasteiger charge is -2.02. The van der Waals surface area contributed by atoms with Crippen molar-refractivity contribution in [2.24, 2.45) is 0 Å². The van der Waals surface area contributed by atoms with Gasteiger partial charge in [-0.05, 0) is 25.0 Å². The maximum Gasteiger partial charge on any atom is -0.0184 e. The van der Waals surface area contributed by atoms with Crippen molar-refractivity contribution in [3.05, 3.63) is 59.7 Å². The van der Waals surface area contributed by atoms with E-state index >= 15 is 0 Å². The lowest BCUT2D eigenvalue weighted by molar-refractivity contribution is 1.45. The normalized spacial score (nSPS) is 8.71. The highest BCUT2D eigenvalue weighted by Crippen LogP contribution is 2.19. The Labute approximate surface area is 106 Å². The summed E-state index contributed by atoms with van der Waals surface area (Å²) in [4.78, 5) is 0. The molecular weight excluding hydrogens is 204 g/mol. The fourth-order valence-electron chi connectivity index (χ4n) is 1.49. The summed E-state index contributed by atoms with van der Waals surface area (Å²) in [6, 6.07) is 17.3. The van der Waals surface area contributed by atoms with Crippen LogP contribution in [-0.4, -0.2) is 0 Å². The summed E-state index contributed by atoms with van der Waals surface area (Å²) in [5.74, 6) is 0. The Hall–Kier alpha value is -1.56. The molecule has 0 fully saturated rings. The minimum atomic E-state index is 0. The molecule has 0 saturated heterocycles. The predicted molar refractivity (Wildman–Crippen MR) is 79.4 cm³/mol. The summed E-state index contributed by atoms with van der Waals surface area (Å²) in [7, 11) is 0. The highest BCUT2D eigenvalue weighted by Gasteiger charge is 1.95. The molecule has 0 heterocycles. The molecule has 0 aliphatic rings. The van der Waals surface area contributed by atoms with Crippen LogP contribution in [0.2, 0.25) is 0 Å². The van der Waals surface area contributed by atoms with Crippen molar-refractivity contribution in [2.45, 2.75) is 35.1 Å². The van der Waals surface area contributed by atoms with Gasteiger partial charge in [-0.25, -0.2) is 0 Å².